The summed E-state index contributed by atoms with van der Waals surface area (Å²) < 4.78 is 53.5. The highest BCUT2D eigenvalue weighted by Crippen LogP contribution is 2.53. The van der Waals surface area contributed by atoms with Crippen molar-refractivity contribution in [3.8, 4) is 44.0 Å². The van der Waals surface area contributed by atoms with Crippen molar-refractivity contribution in [2.24, 2.45) is 34.5 Å². The molecule has 0 aliphatic carbocycles. The van der Waals surface area contributed by atoms with E-state index in [1.807, 2.05) is 12.3 Å². The molecule has 0 spiro atoms. The van der Waals surface area contributed by atoms with Crippen LogP contribution in [0.2, 0.25) is 4.34 Å². The molecule has 0 N–H and O–H groups in total. The first-order valence-electron chi connectivity index (χ1n) is 26.3. The van der Waals surface area contributed by atoms with Gasteiger partial charge in [0.15, 0.2) is 23.0 Å². The highest BCUT2D eigenvalue weighted by atomic mass is 35.5. The minimum absolute atomic E-state index is 0.387. The Kier molecular flexibility index (Phi) is 24.4. The highest BCUT2D eigenvalue weighted by molar-refractivity contribution is 7.20. The molecular weight excluding hydrogens is 902 g/mol. The van der Waals surface area contributed by atoms with Gasteiger partial charge in [0.1, 0.15) is 35.6 Å². The predicted octanol–water partition coefficient (Wildman–Crippen LogP) is 15.6. The number of halogens is 1. The number of aryl methyl sites for hydroxylation is 1. The zero-order valence-corrected chi connectivity index (χ0v) is 45.4. The third-order valence-corrected chi connectivity index (χ3v) is 16.4. The second-order valence-electron chi connectivity index (χ2n) is 20.2. The monoisotopic (exact) mass is 990 g/mol. The Bertz CT molecular complexity index is 1810. The van der Waals surface area contributed by atoms with Crippen LogP contribution in [0.25, 0.3) is 21.0 Å². The van der Waals surface area contributed by atoms with E-state index in [1.54, 1.807) is 11.3 Å². The summed E-state index contributed by atoms with van der Waals surface area (Å²) in [4.78, 5) is 7.94. The van der Waals surface area contributed by atoms with Gasteiger partial charge in [0.2, 0.25) is 0 Å². The number of fused-ring (bicyclic) bond motifs is 2. The van der Waals surface area contributed by atoms with E-state index < -0.39 is 10.8 Å². The fourth-order valence-electron chi connectivity index (χ4n) is 8.99. The molecule has 5 heterocycles. The molecule has 2 aliphatic heterocycles. The Labute approximate surface area is 419 Å². The highest BCUT2D eigenvalue weighted by Gasteiger charge is 2.41. The zero-order chi connectivity index (χ0) is 48.1. The minimum Gasteiger partial charge on any atom is -0.488 e. The second kappa shape index (κ2) is 29.3. The standard InChI is InChI=1S/C55H88ClNO8S2/c1-10-17-21-40(8)28-58-32-54(33-59-29-42(14-5)22-18-11-2)38-64-49-50(65-39-54)53(56)67-52(49)46-26-25-45(27-57-46)51-48-47(41(9)66-51)62-36-55(37-63-48,34-60-30-43(15-6)23-19-12-3)35-61-31-44(16-7)24-20-13-4/h25-27,40,42-44H,10-24,28-39H2,1-9H3. The smallest absolute Gasteiger partial charge is 0.191 e. The molecule has 9 nitrogen and oxygen atoms in total. The van der Waals surface area contributed by atoms with Gasteiger partial charge >= 0.3 is 0 Å². The number of unbranched alkanes of at least 4 members (excludes halogenated alkanes) is 4. The van der Waals surface area contributed by atoms with Crippen LogP contribution in [-0.4, -0.2) is 84.3 Å². The molecule has 0 amide bonds. The number of rotatable bonds is 33. The number of pyridine rings is 1. The number of nitrogens with zero attached hydrogens (tertiary/aromatic N) is 1. The molecule has 0 radical (unpaired) electrons. The number of ether oxygens (including phenoxy) is 8. The molecular formula is C55H88ClNO8S2. The molecule has 12 heteroatoms. The van der Waals surface area contributed by atoms with E-state index in [-0.39, 0.29) is 0 Å². The van der Waals surface area contributed by atoms with E-state index in [4.69, 9.17) is 54.5 Å². The van der Waals surface area contributed by atoms with Gasteiger partial charge in [0.25, 0.3) is 0 Å². The van der Waals surface area contributed by atoms with Crippen LogP contribution in [0.1, 0.15) is 157 Å². The SMILES string of the molecule is CCCCC(C)COCC1(COCC(CC)CCCC)COc2c(Cl)sc(-c3ccc(-c4sc(C)c5c4OCC(COCC(CC)CCCC)(COCC(CC)CCCC)CO5)cn3)c2OC1. The molecule has 67 heavy (non-hydrogen) atoms. The lowest BCUT2D eigenvalue weighted by Crippen LogP contribution is -2.43. The molecule has 3 aromatic heterocycles. The number of hydrogen-bond acceptors (Lipinski definition) is 11. The average molecular weight is 991 g/mol. The van der Waals surface area contributed by atoms with Crippen molar-refractivity contribution in [2.45, 2.75) is 159 Å². The summed E-state index contributed by atoms with van der Waals surface area (Å²) in [6.07, 6.45) is 19.6. The van der Waals surface area contributed by atoms with Crippen molar-refractivity contribution in [2.75, 3.05) is 79.3 Å². The van der Waals surface area contributed by atoms with Crippen molar-refractivity contribution >= 4 is 34.3 Å². The Morgan fingerprint density at radius 2 is 1.00 bits per heavy atom. The second-order valence-corrected chi connectivity index (χ2v) is 23.0. The summed E-state index contributed by atoms with van der Waals surface area (Å²) in [5.74, 6) is 4.89. The van der Waals surface area contributed by atoms with Gasteiger partial charge in [-0.05, 0) is 68.4 Å². The summed E-state index contributed by atoms with van der Waals surface area (Å²) in [5, 5.41) is 0. The molecule has 0 fully saturated rings. The van der Waals surface area contributed by atoms with Gasteiger partial charge < -0.3 is 37.9 Å². The van der Waals surface area contributed by atoms with Crippen molar-refractivity contribution < 1.29 is 37.9 Å². The Hall–Kier alpha value is -2.12. The van der Waals surface area contributed by atoms with Gasteiger partial charge in [0.05, 0.1) is 47.8 Å². The third kappa shape index (κ3) is 16.5. The van der Waals surface area contributed by atoms with Crippen LogP contribution in [0.5, 0.6) is 23.0 Å². The maximum Gasteiger partial charge on any atom is 0.191 e. The van der Waals surface area contributed by atoms with Crippen LogP contribution in [0, 0.1) is 41.4 Å². The predicted molar refractivity (Wildman–Crippen MR) is 279 cm³/mol. The van der Waals surface area contributed by atoms with E-state index in [0.29, 0.717) is 99.0 Å². The van der Waals surface area contributed by atoms with Crippen molar-refractivity contribution in [3.05, 3.63) is 27.5 Å². The summed E-state index contributed by atoms with van der Waals surface area (Å²) in [6.45, 7) is 26.8. The quantitative estimate of drug-likeness (QED) is 0.0592. The van der Waals surface area contributed by atoms with Gasteiger partial charge in [-0.3, -0.25) is 4.98 Å². The van der Waals surface area contributed by atoms with Crippen molar-refractivity contribution in [3.63, 3.8) is 0 Å². The molecule has 3 aromatic rings. The van der Waals surface area contributed by atoms with Crippen LogP contribution >= 0.6 is 34.3 Å². The molecule has 0 saturated heterocycles. The lowest BCUT2D eigenvalue weighted by molar-refractivity contribution is -0.0715. The maximum atomic E-state index is 6.96. The topological polar surface area (TPSA) is 86.7 Å². The molecule has 0 aromatic carbocycles. The van der Waals surface area contributed by atoms with Gasteiger partial charge in [-0.25, -0.2) is 0 Å². The molecule has 0 saturated carbocycles. The van der Waals surface area contributed by atoms with Crippen LogP contribution in [-0.2, 0) is 18.9 Å². The number of thiophene rings is 2. The van der Waals surface area contributed by atoms with Crippen LogP contribution < -0.4 is 18.9 Å². The molecule has 5 rings (SSSR count). The van der Waals surface area contributed by atoms with Gasteiger partial charge in [0, 0.05) is 43.1 Å². The van der Waals surface area contributed by atoms with E-state index in [1.165, 1.54) is 82.0 Å². The van der Waals surface area contributed by atoms with Crippen molar-refractivity contribution in [1.29, 1.82) is 0 Å². The van der Waals surface area contributed by atoms with E-state index in [2.05, 4.69) is 68.4 Å². The minimum atomic E-state index is -0.492. The lowest BCUT2D eigenvalue weighted by atomic mass is 9.91. The molecule has 5 unspecified atom stereocenters. The Balaban J connectivity index is 1.32. The molecule has 2 aliphatic rings. The average Bonchev–Trinajstić information content (AvgIpc) is 3.66. The summed E-state index contributed by atoms with van der Waals surface area (Å²) >= 11 is 10.1. The first-order valence-corrected chi connectivity index (χ1v) is 28.3. The first-order chi connectivity index (χ1) is 32.6. The molecule has 5 atom stereocenters. The summed E-state index contributed by atoms with van der Waals surface area (Å²) in [5.41, 5.74) is 0.795. The lowest BCUT2D eigenvalue weighted by Gasteiger charge is -2.32. The zero-order valence-electron chi connectivity index (χ0n) is 43.0. The van der Waals surface area contributed by atoms with Crippen molar-refractivity contribution in [1.82, 2.24) is 4.98 Å². The molecule has 0 bridgehead atoms. The fraction of sp³-hybridized carbons (Fsp3) is 0.764. The largest absolute Gasteiger partial charge is 0.488 e. The molecule has 380 valence electrons. The Morgan fingerprint density at radius 3 is 1.45 bits per heavy atom. The maximum absolute atomic E-state index is 6.96. The van der Waals surface area contributed by atoms with E-state index >= 15 is 0 Å². The Morgan fingerprint density at radius 1 is 0.567 bits per heavy atom. The van der Waals surface area contributed by atoms with Crippen LogP contribution in [0.3, 0.4) is 0 Å². The summed E-state index contributed by atoms with van der Waals surface area (Å²) in [6, 6.07) is 4.15. The van der Waals surface area contributed by atoms with E-state index in [9.17, 15) is 0 Å². The van der Waals surface area contributed by atoms with Gasteiger partial charge in [-0.15, -0.1) is 22.7 Å². The summed E-state index contributed by atoms with van der Waals surface area (Å²) in [7, 11) is 0. The first kappa shape index (κ1) is 55.8. The van der Waals surface area contributed by atoms with Gasteiger partial charge in [-0.1, -0.05) is 138 Å². The van der Waals surface area contributed by atoms with Crippen LogP contribution in [0.4, 0.5) is 0 Å². The third-order valence-electron chi connectivity index (χ3n) is 13.9. The van der Waals surface area contributed by atoms with Crippen LogP contribution in [0.15, 0.2) is 18.3 Å². The number of aromatic nitrogens is 1. The van der Waals surface area contributed by atoms with Gasteiger partial charge in [-0.2, -0.15) is 0 Å². The van der Waals surface area contributed by atoms with E-state index in [0.717, 1.165) is 82.9 Å². The fourth-order valence-corrected chi connectivity index (χ4v) is 11.3. The normalized spacial score (nSPS) is 20.0. The number of hydrogen-bond donors (Lipinski definition) is 0.